The molecule has 2 aromatic carbocycles. The van der Waals surface area contributed by atoms with E-state index in [0.29, 0.717) is 0 Å². The van der Waals surface area contributed by atoms with E-state index >= 15 is 0 Å². The van der Waals surface area contributed by atoms with Gasteiger partial charge in [-0.25, -0.2) is 13.2 Å². The Balaban J connectivity index is 2.04. The maximum atomic E-state index is 13.3. The Bertz CT molecular complexity index is 1070. The van der Waals surface area contributed by atoms with E-state index in [-0.39, 0.29) is 21.2 Å². The fourth-order valence-electron chi connectivity index (χ4n) is 2.06. The first-order chi connectivity index (χ1) is 13.0. The number of amides is 1. The molecule has 0 fully saturated rings. The number of nitro groups is 1. The van der Waals surface area contributed by atoms with Gasteiger partial charge < -0.3 is 10.1 Å². The van der Waals surface area contributed by atoms with Crippen LogP contribution in [0.15, 0.2) is 41.3 Å². The standard InChI is InChI=1S/C16H12ClFN2O7S/c1-28(25,26)14-6-9(2-4-11(14)17)16(22)27-8-15(21)19-10-3-5-12(18)13(7-10)20(23)24/h2-7H,8H2,1H3,(H,19,21). The van der Waals surface area contributed by atoms with Crippen LogP contribution >= 0.6 is 11.6 Å². The van der Waals surface area contributed by atoms with E-state index in [1.807, 2.05) is 0 Å². The lowest BCUT2D eigenvalue weighted by molar-refractivity contribution is -0.387. The third kappa shape index (κ3) is 5.24. The van der Waals surface area contributed by atoms with E-state index in [0.717, 1.165) is 30.5 Å². The minimum absolute atomic E-state index is 0.0694. The average molecular weight is 431 g/mol. The molecular weight excluding hydrogens is 419 g/mol. The fourth-order valence-corrected chi connectivity index (χ4v) is 3.36. The number of carbonyl (C=O) groups excluding carboxylic acids is 2. The van der Waals surface area contributed by atoms with Crippen LogP contribution in [0.25, 0.3) is 0 Å². The van der Waals surface area contributed by atoms with Crippen molar-refractivity contribution >= 4 is 44.7 Å². The summed E-state index contributed by atoms with van der Waals surface area (Å²) in [7, 11) is -3.68. The summed E-state index contributed by atoms with van der Waals surface area (Å²) in [5.74, 6) is -2.90. The van der Waals surface area contributed by atoms with Crippen molar-refractivity contribution < 1.29 is 32.1 Å². The van der Waals surface area contributed by atoms with Crippen LogP contribution < -0.4 is 5.32 Å². The van der Waals surface area contributed by atoms with E-state index < -0.39 is 44.7 Å². The van der Waals surface area contributed by atoms with E-state index in [2.05, 4.69) is 5.32 Å². The molecule has 148 valence electrons. The van der Waals surface area contributed by atoms with Gasteiger partial charge in [-0.05, 0) is 30.3 Å². The van der Waals surface area contributed by atoms with Crippen LogP contribution in [0, 0.1) is 15.9 Å². The van der Waals surface area contributed by atoms with E-state index in [1.54, 1.807) is 0 Å². The molecule has 0 spiro atoms. The molecule has 12 heteroatoms. The van der Waals surface area contributed by atoms with Gasteiger partial charge in [-0.15, -0.1) is 0 Å². The Morgan fingerprint density at radius 1 is 1.25 bits per heavy atom. The molecule has 0 bridgehead atoms. The van der Waals surface area contributed by atoms with Gasteiger partial charge in [-0.2, -0.15) is 4.39 Å². The Hall–Kier alpha value is -3.05. The van der Waals surface area contributed by atoms with E-state index in [4.69, 9.17) is 16.3 Å². The normalized spacial score (nSPS) is 11.0. The number of esters is 1. The molecule has 28 heavy (non-hydrogen) atoms. The molecule has 0 radical (unpaired) electrons. The summed E-state index contributed by atoms with van der Waals surface area (Å²) < 4.78 is 41.3. The first kappa shape index (κ1) is 21.3. The second-order valence-electron chi connectivity index (χ2n) is 5.46. The molecule has 9 nitrogen and oxygen atoms in total. The number of nitrogens with zero attached hydrogens (tertiary/aromatic N) is 1. The van der Waals surface area contributed by atoms with Gasteiger partial charge in [-0.1, -0.05) is 11.6 Å². The van der Waals surface area contributed by atoms with Gasteiger partial charge in [0, 0.05) is 18.0 Å². The summed E-state index contributed by atoms with van der Waals surface area (Å²) >= 11 is 5.78. The molecule has 0 aliphatic carbocycles. The molecule has 0 aliphatic rings. The number of hydrogen-bond donors (Lipinski definition) is 1. The van der Waals surface area contributed by atoms with Crippen molar-refractivity contribution in [3.8, 4) is 0 Å². The van der Waals surface area contributed by atoms with Crippen molar-refractivity contribution in [2.45, 2.75) is 4.90 Å². The van der Waals surface area contributed by atoms with Gasteiger partial charge in [0.2, 0.25) is 5.82 Å². The Kier molecular flexibility index (Phi) is 6.31. The van der Waals surface area contributed by atoms with E-state index in [9.17, 15) is 32.5 Å². The highest BCUT2D eigenvalue weighted by Gasteiger charge is 2.18. The molecule has 0 aliphatic heterocycles. The number of hydrogen-bond acceptors (Lipinski definition) is 7. The first-order valence-electron chi connectivity index (χ1n) is 7.39. The maximum Gasteiger partial charge on any atom is 0.338 e. The average Bonchev–Trinajstić information content (AvgIpc) is 2.60. The van der Waals surface area contributed by atoms with Crippen molar-refractivity contribution in [1.29, 1.82) is 0 Å². The van der Waals surface area contributed by atoms with Gasteiger partial charge in [0.25, 0.3) is 5.91 Å². The summed E-state index contributed by atoms with van der Waals surface area (Å²) in [5.41, 5.74) is -1.04. The zero-order valence-corrected chi connectivity index (χ0v) is 15.7. The highest BCUT2D eigenvalue weighted by Crippen LogP contribution is 2.23. The molecular formula is C16H12ClFN2O7S. The molecule has 1 amide bonds. The van der Waals surface area contributed by atoms with Crippen LogP contribution in [0.2, 0.25) is 5.02 Å². The number of anilines is 1. The summed E-state index contributed by atoms with van der Waals surface area (Å²) in [5, 5.41) is 12.8. The molecule has 0 saturated heterocycles. The number of nitro benzene ring substituents is 1. The van der Waals surface area contributed by atoms with Crippen LogP contribution in [-0.4, -0.2) is 38.1 Å². The van der Waals surface area contributed by atoms with Crippen molar-refractivity contribution in [2.24, 2.45) is 0 Å². The van der Waals surface area contributed by atoms with Gasteiger partial charge in [0.05, 0.1) is 20.4 Å². The molecule has 2 rings (SSSR count). The lowest BCUT2D eigenvalue weighted by Gasteiger charge is -2.08. The zero-order chi connectivity index (χ0) is 21.1. The van der Waals surface area contributed by atoms with Crippen LogP contribution in [0.4, 0.5) is 15.8 Å². The summed E-state index contributed by atoms with van der Waals surface area (Å²) in [4.78, 5) is 33.3. The minimum Gasteiger partial charge on any atom is -0.452 e. The smallest absolute Gasteiger partial charge is 0.338 e. The predicted molar refractivity (Wildman–Crippen MR) is 96.5 cm³/mol. The first-order valence-corrected chi connectivity index (χ1v) is 9.66. The number of nitrogens with one attached hydrogen (secondary N) is 1. The molecule has 0 atom stereocenters. The van der Waals surface area contributed by atoms with Gasteiger partial charge >= 0.3 is 11.7 Å². The second-order valence-corrected chi connectivity index (χ2v) is 7.86. The van der Waals surface area contributed by atoms with Crippen molar-refractivity contribution in [1.82, 2.24) is 0 Å². The lowest BCUT2D eigenvalue weighted by atomic mass is 10.2. The van der Waals surface area contributed by atoms with Crippen LogP contribution in [-0.2, 0) is 19.4 Å². The highest BCUT2D eigenvalue weighted by atomic mass is 35.5. The van der Waals surface area contributed by atoms with Gasteiger partial charge in [0.1, 0.15) is 0 Å². The quantitative estimate of drug-likeness (QED) is 0.423. The number of ether oxygens (including phenoxy) is 1. The fraction of sp³-hybridized carbons (Fsp3) is 0.125. The monoisotopic (exact) mass is 430 g/mol. The SMILES string of the molecule is CS(=O)(=O)c1cc(C(=O)OCC(=O)Nc2ccc(F)c([N+](=O)[O-])c2)ccc1Cl. The highest BCUT2D eigenvalue weighted by molar-refractivity contribution is 7.90. The predicted octanol–water partition coefficient (Wildman–Crippen LogP) is 2.59. The largest absolute Gasteiger partial charge is 0.452 e. The van der Waals surface area contributed by atoms with E-state index in [1.165, 1.54) is 12.1 Å². The zero-order valence-electron chi connectivity index (χ0n) is 14.1. The third-order valence-corrected chi connectivity index (χ3v) is 4.91. The molecule has 1 N–H and O–H groups in total. The molecule has 0 saturated carbocycles. The van der Waals surface area contributed by atoms with Crippen molar-refractivity contribution in [3.05, 3.63) is 62.9 Å². The number of benzene rings is 2. The van der Waals surface area contributed by atoms with Gasteiger partial charge in [0.15, 0.2) is 16.4 Å². The topological polar surface area (TPSA) is 133 Å². The van der Waals surface area contributed by atoms with Crippen molar-refractivity contribution in [2.75, 3.05) is 18.2 Å². The Morgan fingerprint density at radius 2 is 1.93 bits per heavy atom. The van der Waals surface area contributed by atoms with Crippen LogP contribution in [0.5, 0.6) is 0 Å². The third-order valence-electron chi connectivity index (χ3n) is 3.33. The molecule has 0 heterocycles. The number of carbonyl (C=O) groups is 2. The number of rotatable bonds is 6. The molecule has 0 unspecified atom stereocenters. The van der Waals surface area contributed by atoms with Crippen LogP contribution in [0.3, 0.4) is 0 Å². The maximum absolute atomic E-state index is 13.3. The number of sulfone groups is 1. The molecule has 2 aromatic rings. The summed E-state index contributed by atoms with van der Waals surface area (Å²) in [6, 6.07) is 6.15. The van der Waals surface area contributed by atoms with Crippen molar-refractivity contribution in [3.63, 3.8) is 0 Å². The summed E-state index contributed by atoms with van der Waals surface area (Å²) in [6.45, 7) is -0.763. The lowest BCUT2D eigenvalue weighted by Crippen LogP contribution is -2.21. The Morgan fingerprint density at radius 3 is 2.54 bits per heavy atom. The molecule has 0 aromatic heterocycles. The van der Waals surface area contributed by atoms with Gasteiger partial charge in [-0.3, -0.25) is 14.9 Å². The second kappa shape index (κ2) is 8.31. The number of halogens is 2. The Labute approximate surface area is 163 Å². The minimum atomic E-state index is -3.68. The summed E-state index contributed by atoms with van der Waals surface area (Å²) in [6.07, 6.45) is 0.915. The van der Waals surface area contributed by atoms with Crippen LogP contribution in [0.1, 0.15) is 10.4 Å².